The lowest BCUT2D eigenvalue weighted by Gasteiger charge is -2.44. The Morgan fingerprint density at radius 1 is 1.33 bits per heavy atom. The molecule has 4 aliphatic carbocycles. The lowest BCUT2D eigenvalue weighted by Crippen LogP contribution is -2.52. The van der Waals surface area contributed by atoms with Crippen LogP contribution in [0, 0.1) is 34.5 Å². The minimum Gasteiger partial charge on any atom is -0.550 e. The SMILES string of the molecule is C=C1C[C@]23C[C@H]1CC[C@H]2[C@@]12C[C@@H](O)C[C@](C)(C(=O)O1)[C@H]2[C@@H]3C(=O)[O-]. The number of hydrogen-bond acceptors (Lipinski definition) is 5. The third-order valence-corrected chi connectivity index (χ3v) is 8.23. The van der Waals surface area contributed by atoms with Crippen LogP contribution in [-0.2, 0) is 14.3 Å². The molecule has 0 aromatic rings. The van der Waals surface area contributed by atoms with Gasteiger partial charge in [0.1, 0.15) is 5.60 Å². The monoisotopic (exact) mass is 331 g/mol. The first-order chi connectivity index (χ1) is 11.2. The number of carbonyl (C=O) groups excluding carboxylic acids is 2. The molecule has 5 nitrogen and oxygen atoms in total. The summed E-state index contributed by atoms with van der Waals surface area (Å²) >= 11 is 0. The molecule has 130 valence electrons. The molecule has 0 aromatic carbocycles. The molecule has 24 heavy (non-hydrogen) atoms. The van der Waals surface area contributed by atoms with Gasteiger partial charge in [-0.05, 0) is 50.4 Å². The van der Waals surface area contributed by atoms with Gasteiger partial charge in [0.25, 0.3) is 0 Å². The van der Waals surface area contributed by atoms with Crippen molar-refractivity contribution in [2.75, 3.05) is 0 Å². The lowest BCUT2D eigenvalue weighted by molar-refractivity contribution is -0.318. The smallest absolute Gasteiger partial charge is 0.312 e. The normalized spacial score (nSPS) is 57.5. The predicted octanol–water partition coefficient (Wildman–Crippen LogP) is 0.801. The Kier molecular flexibility index (Phi) is 2.53. The van der Waals surface area contributed by atoms with Gasteiger partial charge >= 0.3 is 5.97 Å². The Hall–Kier alpha value is -1.36. The van der Waals surface area contributed by atoms with E-state index in [2.05, 4.69) is 6.58 Å². The van der Waals surface area contributed by atoms with E-state index in [0.717, 1.165) is 24.8 Å². The summed E-state index contributed by atoms with van der Waals surface area (Å²) in [5, 5.41) is 22.7. The highest BCUT2D eigenvalue weighted by Crippen LogP contribution is 2.77. The van der Waals surface area contributed by atoms with Crippen molar-refractivity contribution in [1.82, 2.24) is 0 Å². The second-order valence-electron chi connectivity index (χ2n) is 9.20. The van der Waals surface area contributed by atoms with Gasteiger partial charge in [-0.15, -0.1) is 0 Å². The lowest BCUT2D eigenvalue weighted by atomic mass is 9.59. The number of aliphatic hydroxyl groups is 1. The van der Waals surface area contributed by atoms with E-state index in [-0.39, 0.29) is 24.2 Å². The van der Waals surface area contributed by atoms with Gasteiger partial charge in [0.05, 0.1) is 11.5 Å². The van der Waals surface area contributed by atoms with Crippen LogP contribution in [0.2, 0.25) is 0 Å². The van der Waals surface area contributed by atoms with Crippen LogP contribution in [-0.4, -0.2) is 28.8 Å². The molecule has 4 bridgehead atoms. The van der Waals surface area contributed by atoms with E-state index in [4.69, 9.17) is 4.74 Å². The van der Waals surface area contributed by atoms with Gasteiger partial charge in [0.15, 0.2) is 0 Å². The van der Waals surface area contributed by atoms with Crippen molar-refractivity contribution in [2.24, 2.45) is 34.5 Å². The Morgan fingerprint density at radius 3 is 2.79 bits per heavy atom. The van der Waals surface area contributed by atoms with Gasteiger partial charge in [-0.25, -0.2) is 0 Å². The summed E-state index contributed by atoms with van der Waals surface area (Å²) in [5.41, 5.74) is -1.01. The number of carbonyl (C=O) groups is 2. The molecule has 0 amide bonds. The van der Waals surface area contributed by atoms with Crippen molar-refractivity contribution in [1.29, 1.82) is 0 Å². The van der Waals surface area contributed by atoms with Crippen LogP contribution < -0.4 is 5.11 Å². The van der Waals surface area contributed by atoms with Gasteiger partial charge < -0.3 is 19.7 Å². The van der Waals surface area contributed by atoms with Gasteiger partial charge in [0.2, 0.25) is 0 Å². The average molecular weight is 331 g/mol. The van der Waals surface area contributed by atoms with Crippen LogP contribution in [0.15, 0.2) is 12.2 Å². The highest BCUT2D eigenvalue weighted by molar-refractivity contribution is 5.84. The van der Waals surface area contributed by atoms with E-state index in [1.807, 2.05) is 0 Å². The average Bonchev–Trinajstić information content (AvgIpc) is 2.92. The highest BCUT2D eigenvalue weighted by Gasteiger charge is 2.81. The first-order valence-corrected chi connectivity index (χ1v) is 9.05. The Morgan fingerprint density at radius 2 is 2.08 bits per heavy atom. The predicted molar refractivity (Wildman–Crippen MR) is 81.2 cm³/mol. The molecule has 1 saturated heterocycles. The minimum absolute atomic E-state index is 0.00544. The van der Waals surface area contributed by atoms with Crippen LogP contribution in [0.3, 0.4) is 0 Å². The number of carboxylic acid groups (broad SMARTS) is 1. The van der Waals surface area contributed by atoms with E-state index in [9.17, 15) is 19.8 Å². The minimum atomic E-state index is -1.05. The zero-order valence-corrected chi connectivity index (χ0v) is 13.9. The Balaban J connectivity index is 1.75. The quantitative estimate of drug-likeness (QED) is 0.567. The summed E-state index contributed by atoms with van der Waals surface area (Å²) in [5.74, 6) is -2.08. The maximum absolute atomic E-state index is 12.7. The number of ether oxygens (including phenoxy) is 1. The highest BCUT2D eigenvalue weighted by atomic mass is 16.6. The van der Waals surface area contributed by atoms with Crippen LogP contribution in [0.1, 0.15) is 45.4 Å². The Labute approximate surface area is 141 Å². The maximum Gasteiger partial charge on any atom is 0.312 e. The summed E-state index contributed by atoms with van der Waals surface area (Å²) in [4.78, 5) is 25.0. The fourth-order valence-corrected chi connectivity index (χ4v) is 7.76. The molecule has 4 saturated carbocycles. The molecule has 1 heterocycles. The van der Waals surface area contributed by atoms with E-state index >= 15 is 0 Å². The Bertz CT molecular complexity index is 685. The first-order valence-electron chi connectivity index (χ1n) is 9.05. The molecule has 5 aliphatic rings. The number of aliphatic carboxylic acids is 1. The van der Waals surface area contributed by atoms with E-state index in [1.54, 1.807) is 6.92 Å². The third kappa shape index (κ3) is 1.36. The van der Waals surface area contributed by atoms with Crippen molar-refractivity contribution in [3.05, 3.63) is 12.2 Å². The number of carboxylic acids is 1. The summed E-state index contributed by atoms with van der Waals surface area (Å²) < 4.78 is 5.98. The summed E-state index contributed by atoms with van der Waals surface area (Å²) in [6.45, 7) is 5.99. The fourth-order valence-electron chi connectivity index (χ4n) is 7.76. The molecule has 5 heteroatoms. The largest absolute Gasteiger partial charge is 0.550 e. The van der Waals surface area contributed by atoms with Gasteiger partial charge in [-0.2, -0.15) is 0 Å². The molecular weight excluding hydrogens is 308 g/mol. The van der Waals surface area contributed by atoms with E-state index in [0.29, 0.717) is 18.8 Å². The summed E-state index contributed by atoms with van der Waals surface area (Å²) in [6.07, 6.45) is 3.38. The van der Waals surface area contributed by atoms with Crippen molar-refractivity contribution in [3.8, 4) is 0 Å². The fraction of sp³-hybridized carbons (Fsp3) is 0.789. The number of rotatable bonds is 1. The van der Waals surface area contributed by atoms with Gasteiger partial charge in [-0.1, -0.05) is 12.2 Å². The van der Waals surface area contributed by atoms with Gasteiger partial charge in [0, 0.05) is 30.1 Å². The summed E-state index contributed by atoms with van der Waals surface area (Å²) in [6, 6.07) is 0. The third-order valence-electron chi connectivity index (χ3n) is 8.23. The van der Waals surface area contributed by atoms with Crippen molar-refractivity contribution in [2.45, 2.75) is 57.2 Å². The van der Waals surface area contributed by atoms with Crippen molar-refractivity contribution < 1.29 is 24.5 Å². The van der Waals surface area contributed by atoms with Crippen LogP contribution in [0.25, 0.3) is 0 Å². The molecule has 0 aromatic heterocycles. The zero-order valence-electron chi connectivity index (χ0n) is 13.9. The van der Waals surface area contributed by atoms with Crippen molar-refractivity contribution >= 4 is 11.9 Å². The van der Waals surface area contributed by atoms with Crippen LogP contribution >= 0.6 is 0 Å². The van der Waals surface area contributed by atoms with Gasteiger partial charge in [-0.3, -0.25) is 4.79 Å². The van der Waals surface area contributed by atoms with Crippen molar-refractivity contribution in [3.63, 3.8) is 0 Å². The topological polar surface area (TPSA) is 86.7 Å². The molecule has 5 fully saturated rings. The maximum atomic E-state index is 12.7. The molecule has 5 rings (SSSR count). The molecule has 1 aliphatic heterocycles. The number of hydrogen-bond donors (Lipinski definition) is 1. The molecular formula is C19H23O5-. The first kappa shape index (κ1) is 14.9. The molecule has 1 N–H and O–H groups in total. The number of aliphatic hydroxyl groups excluding tert-OH is 1. The molecule has 1 spiro atoms. The molecule has 0 unspecified atom stereocenters. The van der Waals surface area contributed by atoms with E-state index < -0.39 is 34.4 Å². The molecule has 8 atom stereocenters. The number of fused-ring (bicyclic) bond motifs is 1. The van der Waals surface area contributed by atoms with Crippen LogP contribution in [0.5, 0.6) is 0 Å². The van der Waals surface area contributed by atoms with Crippen LogP contribution in [0.4, 0.5) is 0 Å². The zero-order chi connectivity index (χ0) is 17.1. The standard InChI is InChI=1S/C19H24O5/c1-9-5-18-6-10(9)3-4-12(18)19-8-11(20)7-17(2,16(23)24-19)14(19)13(18)15(21)22/h10-14,20H,1,3-8H2,2H3,(H,21,22)/p-1/t10-,11+,12-,13-,14-,17+,18+,19-/m1/s1. The second kappa shape index (κ2) is 4.06. The number of allylic oxidation sites excluding steroid dienone is 1. The second-order valence-corrected chi connectivity index (χ2v) is 9.20. The van der Waals surface area contributed by atoms with E-state index in [1.165, 1.54) is 0 Å². The summed E-state index contributed by atoms with van der Waals surface area (Å²) in [7, 11) is 0. The molecule has 0 radical (unpaired) electrons. The number of esters is 1.